The molecule has 2 N–H and O–H groups in total. The molecule has 3 aromatic carbocycles. The molecule has 2 nitrogen and oxygen atoms in total. The van der Waals surface area contributed by atoms with Gasteiger partial charge in [-0.3, -0.25) is 0 Å². The van der Waals surface area contributed by atoms with Crippen LogP contribution in [0.1, 0.15) is 36.5 Å². The second kappa shape index (κ2) is 5.97. The smallest absolute Gasteiger partial charge is 0.0465 e. The summed E-state index contributed by atoms with van der Waals surface area (Å²) in [5, 5.41) is 0. The lowest BCUT2D eigenvalue weighted by Crippen LogP contribution is -2.65. The lowest BCUT2D eigenvalue weighted by atomic mass is 9.60. The van der Waals surface area contributed by atoms with Crippen LogP contribution in [0.25, 0.3) is 0 Å². The Morgan fingerprint density at radius 1 is 0.704 bits per heavy atom. The SMILES string of the molecule is CC1(N2c3ccccc3CCc3ccccc32)CC(N)(c2ccccc2)C1. The summed E-state index contributed by atoms with van der Waals surface area (Å²) in [5.74, 6) is 0. The van der Waals surface area contributed by atoms with Crippen LogP contribution in [-0.2, 0) is 18.4 Å². The zero-order chi connectivity index (χ0) is 18.5. The molecule has 0 unspecified atom stereocenters. The molecule has 0 radical (unpaired) electrons. The average molecular weight is 354 g/mol. The van der Waals surface area contributed by atoms with Gasteiger partial charge in [0.05, 0.1) is 0 Å². The Kier molecular flexibility index (Phi) is 3.66. The van der Waals surface area contributed by atoms with Crippen LogP contribution in [0.3, 0.4) is 0 Å². The van der Waals surface area contributed by atoms with Gasteiger partial charge in [-0.25, -0.2) is 0 Å². The fourth-order valence-electron chi connectivity index (χ4n) is 5.30. The maximum absolute atomic E-state index is 6.86. The van der Waals surface area contributed by atoms with E-state index in [0.29, 0.717) is 0 Å². The average Bonchev–Trinajstić information content (AvgIpc) is 2.84. The molecule has 1 aliphatic heterocycles. The minimum atomic E-state index is -0.244. The van der Waals surface area contributed by atoms with E-state index >= 15 is 0 Å². The fraction of sp³-hybridized carbons (Fsp3) is 0.280. The van der Waals surface area contributed by atoms with Crippen molar-refractivity contribution in [3.05, 3.63) is 95.6 Å². The number of aryl methyl sites for hydroxylation is 2. The minimum absolute atomic E-state index is 0.0150. The van der Waals surface area contributed by atoms with Gasteiger partial charge >= 0.3 is 0 Å². The second-order valence-electron chi connectivity index (χ2n) is 8.47. The maximum atomic E-state index is 6.86. The molecule has 1 saturated carbocycles. The van der Waals surface area contributed by atoms with Crippen molar-refractivity contribution in [2.75, 3.05) is 4.90 Å². The number of rotatable bonds is 2. The van der Waals surface area contributed by atoms with E-state index in [4.69, 9.17) is 5.73 Å². The first-order chi connectivity index (χ1) is 13.1. The molecule has 1 heterocycles. The van der Waals surface area contributed by atoms with Gasteiger partial charge in [0.2, 0.25) is 0 Å². The third-order valence-electron chi connectivity index (χ3n) is 6.41. The number of fused-ring (bicyclic) bond motifs is 2. The molecule has 3 aromatic rings. The largest absolute Gasteiger partial charge is 0.335 e. The predicted octanol–water partition coefficient (Wildman–Crippen LogP) is 5.33. The van der Waals surface area contributed by atoms with Gasteiger partial charge < -0.3 is 10.6 Å². The summed E-state index contributed by atoms with van der Waals surface area (Å²) in [4.78, 5) is 2.58. The fourth-order valence-corrected chi connectivity index (χ4v) is 5.30. The Labute approximate surface area is 161 Å². The summed E-state index contributed by atoms with van der Waals surface area (Å²) in [7, 11) is 0. The number of hydrogen-bond acceptors (Lipinski definition) is 2. The molecule has 5 rings (SSSR count). The zero-order valence-electron chi connectivity index (χ0n) is 15.9. The number of nitrogens with zero attached hydrogens (tertiary/aromatic N) is 1. The molecule has 2 heteroatoms. The van der Waals surface area contributed by atoms with E-state index < -0.39 is 0 Å². The molecule has 0 saturated heterocycles. The molecule has 0 amide bonds. The summed E-state index contributed by atoms with van der Waals surface area (Å²) in [5.41, 5.74) is 13.4. The van der Waals surface area contributed by atoms with Crippen molar-refractivity contribution in [1.82, 2.24) is 0 Å². The molecular formula is C25H26N2. The topological polar surface area (TPSA) is 29.3 Å². The van der Waals surface area contributed by atoms with Crippen molar-refractivity contribution in [2.45, 2.75) is 43.7 Å². The molecular weight excluding hydrogens is 328 g/mol. The van der Waals surface area contributed by atoms with Crippen LogP contribution in [-0.4, -0.2) is 5.54 Å². The highest BCUT2D eigenvalue weighted by molar-refractivity contribution is 5.74. The normalized spacial score (nSPS) is 26.5. The maximum Gasteiger partial charge on any atom is 0.0465 e. The van der Waals surface area contributed by atoms with E-state index in [1.165, 1.54) is 28.1 Å². The second-order valence-corrected chi connectivity index (χ2v) is 8.47. The number of hydrogen-bond donors (Lipinski definition) is 1. The summed E-state index contributed by atoms with van der Waals surface area (Å²) in [6.07, 6.45) is 4.08. The number of anilines is 2. The molecule has 0 aromatic heterocycles. The van der Waals surface area contributed by atoms with E-state index in [1.54, 1.807) is 0 Å². The van der Waals surface area contributed by atoms with E-state index in [0.717, 1.165) is 25.7 Å². The lowest BCUT2D eigenvalue weighted by Gasteiger charge is -2.59. The van der Waals surface area contributed by atoms with Crippen molar-refractivity contribution >= 4 is 11.4 Å². The van der Waals surface area contributed by atoms with Gasteiger partial charge in [0, 0.05) is 22.5 Å². The van der Waals surface area contributed by atoms with Crippen LogP contribution in [0.15, 0.2) is 78.9 Å². The third-order valence-corrected chi connectivity index (χ3v) is 6.41. The molecule has 136 valence electrons. The van der Waals surface area contributed by atoms with Gasteiger partial charge in [-0.15, -0.1) is 0 Å². The number of benzene rings is 3. The molecule has 0 atom stereocenters. The summed E-state index contributed by atoms with van der Waals surface area (Å²) >= 11 is 0. The zero-order valence-corrected chi connectivity index (χ0v) is 15.9. The van der Waals surface area contributed by atoms with Crippen molar-refractivity contribution < 1.29 is 0 Å². The van der Waals surface area contributed by atoms with Crippen LogP contribution in [0, 0.1) is 0 Å². The Hall–Kier alpha value is -2.58. The number of nitrogens with two attached hydrogens (primary N) is 1. The highest BCUT2D eigenvalue weighted by Crippen LogP contribution is 2.54. The molecule has 1 aliphatic carbocycles. The van der Waals surface area contributed by atoms with Gasteiger partial charge in [-0.05, 0) is 61.4 Å². The third kappa shape index (κ3) is 2.59. The monoisotopic (exact) mass is 354 g/mol. The van der Waals surface area contributed by atoms with Crippen LogP contribution < -0.4 is 10.6 Å². The van der Waals surface area contributed by atoms with E-state index in [9.17, 15) is 0 Å². The van der Waals surface area contributed by atoms with E-state index in [-0.39, 0.29) is 11.1 Å². The first-order valence-electron chi connectivity index (χ1n) is 9.90. The highest BCUT2D eigenvalue weighted by atomic mass is 15.2. The van der Waals surface area contributed by atoms with E-state index in [2.05, 4.69) is 90.7 Å². The molecule has 27 heavy (non-hydrogen) atoms. The lowest BCUT2D eigenvalue weighted by molar-refractivity contribution is 0.125. The summed E-state index contributed by atoms with van der Waals surface area (Å²) < 4.78 is 0. The number of para-hydroxylation sites is 2. The first-order valence-corrected chi connectivity index (χ1v) is 9.90. The summed E-state index contributed by atoms with van der Waals surface area (Å²) in [6.45, 7) is 2.37. The molecule has 1 fully saturated rings. The van der Waals surface area contributed by atoms with Gasteiger partial charge in [0.15, 0.2) is 0 Å². The quantitative estimate of drug-likeness (QED) is 0.674. The van der Waals surface area contributed by atoms with E-state index in [1.807, 2.05) is 0 Å². The van der Waals surface area contributed by atoms with Crippen molar-refractivity contribution in [3.8, 4) is 0 Å². The Bertz CT molecular complexity index is 923. The van der Waals surface area contributed by atoms with Gasteiger partial charge in [-0.2, -0.15) is 0 Å². The predicted molar refractivity (Wildman–Crippen MR) is 112 cm³/mol. The Balaban J connectivity index is 1.59. The van der Waals surface area contributed by atoms with Crippen molar-refractivity contribution in [3.63, 3.8) is 0 Å². The van der Waals surface area contributed by atoms with Gasteiger partial charge in [-0.1, -0.05) is 66.7 Å². The first kappa shape index (κ1) is 16.6. The van der Waals surface area contributed by atoms with Crippen LogP contribution in [0.5, 0.6) is 0 Å². The standard InChI is InChI=1S/C25H26N2/c1-24(17-25(26,18-24)21-11-3-2-4-12-21)27-22-13-7-5-9-19(22)15-16-20-10-6-8-14-23(20)27/h2-14H,15-18,26H2,1H3. The van der Waals surface area contributed by atoms with Crippen LogP contribution >= 0.6 is 0 Å². The van der Waals surface area contributed by atoms with Crippen LogP contribution in [0.4, 0.5) is 11.4 Å². The molecule has 0 spiro atoms. The molecule has 2 aliphatic rings. The van der Waals surface area contributed by atoms with Crippen LogP contribution in [0.2, 0.25) is 0 Å². The minimum Gasteiger partial charge on any atom is -0.335 e. The van der Waals surface area contributed by atoms with Gasteiger partial charge in [0.1, 0.15) is 0 Å². The molecule has 0 bridgehead atoms. The van der Waals surface area contributed by atoms with Crippen molar-refractivity contribution in [2.24, 2.45) is 5.73 Å². The highest BCUT2D eigenvalue weighted by Gasteiger charge is 2.54. The van der Waals surface area contributed by atoms with Crippen molar-refractivity contribution in [1.29, 1.82) is 0 Å². The summed E-state index contributed by atoms with van der Waals surface area (Å²) in [6, 6.07) is 28.4. The Morgan fingerprint density at radius 3 is 1.74 bits per heavy atom. The Morgan fingerprint density at radius 2 is 1.19 bits per heavy atom. The van der Waals surface area contributed by atoms with Gasteiger partial charge in [0.25, 0.3) is 0 Å².